The molecule has 0 spiro atoms. The lowest BCUT2D eigenvalue weighted by atomic mass is 10.0. The zero-order chi connectivity index (χ0) is 13.1. The summed E-state index contributed by atoms with van der Waals surface area (Å²) in [6.45, 7) is 16.6. The Morgan fingerprint density at radius 3 is 2.29 bits per heavy atom. The van der Waals surface area contributed by atoms with E-state index in [-0.39, 0.29) is 5.54 Å². The molecule has 1 N–H and O–H groups in total. The third-order valence-electron chi connectivity index (χ3n) is 3.83. The van der Waals surface area contributed by atoms with Gasteiger partial charge in [0.1, 0.15) is 0 Å². The lowest BCUT2D eigenvalue weighted by Gasteiger charge is -2.40. The third-order valence-corrected chi connectivity index (χ3v) is 3.83. The monoisotopic (exact) mass is 242 g/mol. The van der Waals surface area contributed by atoms with Gasteiger partial charge in [-0.25, -0.2) is 0 Å². The minimum atomic E-state index is 0.248. The van der Waals surface area contributed by atoms with Gasteiger partial charge in [-0.05, 0) is 41.0 Å². The normalized spacial score (nSPS) is 29.3. The van der Waals surface area contributed by atoms with Gasteiger partial charge in [0.25, 0.3) is 0 Å². The summed E-state index contributed by atoms with van der Waals surface area (Å²) in [6, 6.07) is 0.578. The molecule has 1 unspecified atom stereocenters. The third kappa shape index (κ3) is 4.94. The molecule has 1 fully saturated rings. The molecule has 102 valence electrons. The van der Waals surface area contributed by atoms with Crippen LogP contribution in [0.4, 0.5) is 0 Å². The summed E-state index contributed by atoms with van der Waals surface area (Å²) >= 11 is 0. The average Bonchev–Trinajstić information content (AvgIpc) is 2.24. The van der Waals surface area contributed by atoms with E-state index in [1.165, 1.54) is 0 Å². The highest BCUT2D eigenvalue weighted by Gasteiger charge is 2.26. The highest BCUT2D eigenvalue weighted by Crippen LogP contribution is 2.14. The molecule has 3 nitrogen and oxygen atoms in total. The van der Waals surface area contributed by atoms with Crippen molar-refractivity contribution >= 4 is 0 Å². The molecule has 17 heavy (non-hydrogen) atoms. The van der Waals surface area contributed by atoms with Crippen LogP contribution >= 0.6 is 0 Å². The van der Waals surface area contributed by atoms with Gasteiger partial charge in [-0.2, -0.15) is 0 Å². The van der Waals surface area contributed by atoms with Crippen LogP contribution < -0.4 is 5.32 Å². The smallest absolute Gasteiger partial charge is 0.0678 e. The molecule has 0 aromatic carbocycles. The molecule has 3 atom stereocenters. The first-order valence-corrected chi connectivity index (χ1v) is 6.98. The van der Waals surface area contributed by atoms with Gasteiger partial charge in [0.15, 0.2) is 0 Å². The van der Waals surface area contributed by atoms with Crippen LogP contribution in [0.3, 0.4) is 0 Å². The van der Waals surface area contributed by atoms with Gasteiger partial charge in [0, 0.05) is 31.2 Å². The standard InChI is InChI=1S/C14H30N2O/c1-7-14(5,6)15-8-11(2)16-9-12(3)17-13(4)10-16/h11-13,15H,7-10H2,1-6H3/t11?,12-,13+. The van der Waals surface area contributed by atoms with Crippen molar-refractivity contribution in [3.63, 3.8) is 0 Å². The van der Waals surface area contributed by atoms with Crippen LogP contribution in [0.5, 0.6) is 0 Å². The molecule has 1 aliphatic rings. The molecule has 0 bridgehead atoms. The molecular weight excluding hydrogens is 212 g/mol. The van der Waals surface area contributed by atoms with Crippen LogP contribution in [-0.4, -0.2) is 48.3 Å². The predicted molar refractivity (Wildman–Crippen MR) is 73.4 cm³/mol. The average molecular weight is 242 g/mol. The van der Waals surface area contributed by atoms with E-state index in [0.29, 0.717) is 18.2 Å². The Balaban J connectivity index is 2.39. The number of morpholine rings is 1. The first-order chi connectivity index (χ1) is 7.84. The fourth-order valence-electron chi connectivity index (χ4n) is 2.26. The van der Waals surface area contributed by atoms with Crippen molar-refractivity contribution in [1.29, 1.82) is 0 Å². The second kappa shape index (κ2) is 6.17. The zero-order valence-electron chi connectivity index (χ0n) is 12.4. The van der Waals surface area contributed by atoms with Gasteiger partial charge >= 0.3 is 0 Å². The van der Waals surface area contributed by atoms with Gasteiger partial charge in [0.05, 0.1) is 12.2 Å². The van der Waals surface area contributed by atoms with Gasteiger partial charge in [-0.3, -0.25) is 4.90 Å². The molecule has 1 saturated heterocycles. The number of hydrogen-bond donors (Lipinski definition) is 1. The summed E-state index contributed by atoms with van der Waals surface area (Å²) in [4.78, 5) is 2.54. The van der Waals surface area contributed by atoms with Crippen molar-refractivity contribution in [2.24, 2.45) is 0 Å². The molecule has 0 aromatic heterocycles. The molecule has 1 rings (SSSR count). The minimum Gasteiger partial charge on any atom is -0.373 e. The summed E-state index contributed by atoms with van der Waals surface area (Å²) in [5, 5.41) is 3.65. The van der Waals surface area contributed by atoms with E-state index in [1.54, 1.807) is 0 Å². The molecule has 0 amide bonds. The van der Waals surface area contributed by atoms with E-state index in [9.17, 15) is 0 Å². The summed E-state index contributed by atoms with van der Waals surface area (Å²) in [5.41, 5.74) is 0.248. The van der Waals surface area contributed by atoms with E-state index >= 15 is 0 Å². The first kappa shape index (κ1) is 14.9. The summed E-state index contributed by atoms with van der Waals surface area (Å²) < 4.78 is 5.77. The number of hydrogen-bond acceptors (Lipinski definition) is 3. The van der Waals surface area contributed by atoms with Gasteiger partial charge < -0.3 is 10.1 Å². The number of nitrogens with zero attached hydrogens (tertiary/aromatic N) is 1. The Hall–Kier alpha value is -0.120. The minimum absolute atomic E-state index is 0.248. The molecular formula is C14H30N2O. The molecule has 1 aliphatic heterocycles. The van der Waals surface area contributed by atoms with E-state index in [1.807, 2.05) is 0 Å². The molecule has 0 aliphatic carbocycles. The largest absolute Gasteiger partial charge is 0.373 e. The fourth-order valence-corrected chi connectivity index (χ4v) is 2.26. The van der Waals surface area contributed by atoms with E-state index in [2.05, 4.69) is 51.8 Å². The van der Waals surface area contributed by atoms with Crippen LogP contribution in [0.25, 0.3) is 0 Å². The maximum absolute atomic E-state index is 5.77. The lowest BCUT2D eigenvalue weighted by Crippen LogP contribution is -2.53. The van der Waals surface area contributed by atoms with Crippen molar-refractivity contribution in [1.82, 2.24) is 10.2 Å². The Morgan fingerprint density at radius 2 is 1.82 bits per heavy atom. The Kier molecular flexibility index (Phi) is 5.42. The highest BCUT2D eigenvalue weighted by atomic mass is 16.5. The van der Waals surface area contributed by atoms with E-state index in [4.69, 9.17) is 4.74 Å². The van der Waals surface area contributed by atoms with Crippen molar-refractivity contribution in [2.45, 2.75) is 71.8 Å². The van der Waals surface area contributed by atoms with Crippen LogP contribution in [0.2, 0.25) is 0 Å². The van der Waals surface area contributed by atoms with Crippen LogP contribution in [-0.2, 0) is 4.74 Å². The SMILES string of the molecule is CCC(C)(C)NCC(C)N1C[C@@H](C)O[C@@H](C)C1. The Labute approximate surface area is 107 Å². The summed E-state index contributed by atoms with van der Waals surface area (Å²) in [6.07, 6.45) is 1.89. The summed E-state index contributed by atoms with van der Waals surface area (Å²) in [5.74, 6) is 0. The highest BCUT2D eigenvalue weighted by molar-refractivity contribution is 4.82. The zero-order valence-corrected chi connectivity index (χ0v) is 12.4. The van der Waals surface area contributed by atoms with Gasteiger partial charge in [-0.1, -0.05) is 6.92 Å². The fraction of sp³-hybridized carbons (Fsp3) is 1.00. The molecule has 0 aromatic rings. The van der Waals surface area contributed by atoms with E-state index < -0.39 is 0 Å². The Bertz CT molecular complexity index is 220. The summed E-state index contributed by atoms with van der Waals surface area (Å²) in [7, 11) is 0. The maximum Gasteiger partial charge on any atom is 0.0678 e. The molecule has 1 heterocycles. The second-order valence-corrected chi connectivity index (χ2v) is 6.18. The lowest BCUT2D eigenvalue weighted by molar-refractivity contribution is -0.0785. The van der Waals surface area contributed by atoms with Crippen molar-refractivity contribution < 1.29 is 4.74 Å². The topological polar surface area (TPSA) is 24.5 Å². The predicted octanol–water partition coefficient (Wildman–Crippen LogP) is 2.26. The van der Waals surface area contributed by atoms with E-state index in [0.717, 1.165) is 26.1 Å². The van der Waals surface area contributed by atoms with Crippen molar-refractivity contribution in [3.8, 4) is 0 Å². The number of nitrogens with one attached hydrogen (secondary N) is 1. The van der Waals surface area contributed by atoms with Crippen LogP contribution in [0.15, 0.2) is 0 Å². The van der Waals surface area contributed by atoms with Crippen molar-refractivity contribution in [3.05, 3.63) is 0 Å². The van der Waals surface area contributed by atoms with Crippen LogP contribution in [0, 0.1) is 0 Å². The van der Waals surface area contributed by atoms with Crippen molar-refractivity contribution in [2.75, 3.05) is 19.6 Å². The number of ether oxygens (including phenoxy) is 1. The molecule has 3 heteroatoms. The Morgan fingerprint density at radius 1 is 1.29 bits per heavy atom. The second-order valence-electron chi connectivity index (χ2n) is 6.18. The number of rotatable bonds is 5. The quantitative estimate of drug-likeness (QED) is 0.800. The first-order valence-electron chi connectivity index (χ1n) is 6.98. The molecule has 0 saturated carbocycles. The van der Waals surface area contributed by atoms with Gasteiger partial charge in [-0.15, -0.1) is 0 Å². The van der Waals surface area contributed by atoms with Gasteiger partial charge in [0.2, 0.25) is 0 Å². The van der Waals surface area contributed by atoms with Crippen LogP contribution in [0.1, 0.15) is 48.0 Å². The molecule has 0 radical (unpaired) electrons. The maximum atomic E-state index is 5.77.